The Morgan fingerprint density at radius 2 is 0.527 bits per heavy atom. The first-order chi connectivity index (χ1) is 46.0. The number of fused-ring (bicyclic) bond motifs is 5. The van der Waals surface area contributed by atoms with Gasteiger partial charge in [-0.25, -0.2) is 0 Å². The van der Waals surface area contributed by atoms with Crippen molar-refractivity contribution in [2.45, 2.75) is 6.92 Å². The molecule has 0 radical (unpaired) electrons. The molecule has 2 heterocycles. The maximum absolute atomic E-state index is 4.72. The van der Waals surface area contributed by atoms with Gasteiger partial charge in [0, 0.05) is 103 Å². The van der Waals surface area contributed by atoms with Crippen LogP contribution in [0.25, 0.3) is 87.8 Å². The van der Waals surface area contributed by atoms with Crippen molar-refractivity contribution in [3.63, 3.8) is 0 Å². The van der Waals surface area contributed by atoms with Gasteiger partial charge in [0.2, 0.25) is 0 Å². The highest BCUT2D eigenvalue weighted by molar-refractivity contribution is 6.03. The van der Waals surface area contributed by atoms with Crippen molar-refractivity contribution in [2.24, 2.45) is 0 Å². The van der Waals surface area contributed by atoms with Crippen LogP contribution in [0.3, 0.4) is 0 Å². The van der Waals surface area contributed by atoms with Crippen molar-refractivity contribution in [3.8, 4) is 33.4 Å². The molecule has 0 bridgehead atoms. The van der Waals surface area contributed by atoms with E-state index in [1.165, 1.54) is 16.2 Å². The molecule has 0 spiro atoms. The molecule has 8 nitrogen and oxygen atoms in total. The minimum atomic E-state index is 0.872. The summed E-state index contributed by atoms with van der Waals surface area (Å²) in [5, 5.41) is 7.01. The monoisotopic (exact) mass is 1190 g/mol. The van der Waals surface area contributed by atoms with Crippen molar-refractivity contribution < 1.29 is 0 Å². The van der Waals surface area contributed by atoms with E-state index in [0.717, 1.165) is 140 Å². The van der Waals surface area contributed by atoms with Gasteiger partial charge in [-0.05, 0) is 173 Å². The van der Waals surface area contributed by atoms with Gasteiger partial charge in [0.25, 0.3) is 0 Å². The molecule has 0 atom stereocenters. The molecule has 0 saturated heterocycles. The second kappa shape index (κ2) is 24.1. The number of nitrogens with zero attached hydrogens (tertiary/aromatic N) is 8. The normalized spacial score (nSPS) is 11.3. The van der Waals surface area contributed by atoms with Gasteiger partial charge in [-0.2, -0.15) is 0 Å². The molecule has 14 aromatic carbocycles. The van der Waals surface area contributed by atoms with Crippen molar-refractivity contribution in [3.05, 3.63) is 346 Å². The van der Waals surface area contributed by atoms with E-state index in [0.29, 0.717) is 0 Å². The third-order valence-electron chi connectivity index (χ3n) is 17.6. The average Bonchev–Trinajstić information content (AvgIpc) is 0.917. The number of rotatable bonds is 15. The molecule has 0 amide bonds. The fraction of sp³-hybridized carbons (Fsp3) is 0.0118. The highest BCUT2D eigenvalue weighted by atomic mass is 15.2. The van der Waals surface area contributed by atoms with Crippen LogP contribution in [0.1, 0.15) is 6.92 Å². The minimum Gasteiger partial charge on any atom is -0.315 e. The second-order valence-corrected chi connectivity index (χ2v) is 23.3. The summed E-state index contributed by atoms with van der Waals surface area (Å²) in [6.07, 6.45) is 6.99. The topological polar surface area (TPSA) is 64.5 Å². The SMILES string of the molecule is C=C(C)N(c1ccc(-c2cccc3nccnc23)cc1)c1ccc(N(c2ccc(-c3ccc(N(c4ccc(N(c5ccc(-c6cccc7nccnc67)cc5)c5cccc6ccccc56)cc4)c4cccc5ccccc45)cc3)cc2)c2cccc3ccccc23)cc1. The Bertz CT molecular complexity index is 5400. The first-order valence-corrected chi connectivity index (χ1v) is 31.3. The van der Waals surface area contributed by atoms with E-state index in [2.05, 4.69) is 326 Å². The van der Waals surface area contributed by atoms with Gasteiger partial charge in [0.15, 0.2) is 0 Å². The third kappa shape index (κ3) is 10.6. The molecule has 0 N–H and O–H groups in total. The lowest BCUT2D eigenvalue weighted by atomic mass is 10.0. The van der Waals surface area contributed by atoms with E-state index < -0.39 is 0 Å². The molecule has 93 heavy (non-hydrogen) atoms. The largest absolute Gasteiger partial charge is 0.315 e. The maximum atomic E-state index is 4.72. The van der Waals surface area contributed by atoms with E-state index in [9.17, 15) is 0 Å². The Balaban J connectivity index is 0.722. The Labute approximate surface area is 540 Å². The molecular weight excluding hydrogens is 1130 g/mol. The zero-order chi connectivity index (χ0) is 62.2. The number of hydrogen-bond donors (Lipinski definition) is 0. The lowest BCUT2D eigenvalue weighted by molar-refractivity contribution is 1.16. The molecule has 16 rings (SSSR count). The minimum absolute atomic E-state index is 0.872. The summed E-state index contributed by atoms with van der Waals surface area (Å²) < 4.78 is 0. The molecule has 0 aliphatic rings. The summed E-state index contributed by atoms with van der Waals surface area (Å²) in [7, 11) is 0. The Hall–Kier alpha value is -12.5. The molecule has 2 aromatic heterocycles. The third-order valence-corrected chi connectivity index (χ3v) is 17.6. The van der Waals surface area contributed by atoms with Crippen molar-refractivity contribution in [2.75, 3.05) is 19.6 Å². The lowest BCUT2D eigenvalue weighted by Crippen LogP contribution is -2.14. The van der Waals surface area contributed by atoms with Crippen molar-refractivity contribution in [1.29, 1.82) is 0 Å². The predicted molar refractivity (Wildman–Crippen MR) is 389 cm³/mol. The maximum Gasteiger partial charge on any atom is 0.0965 e. The number of aromatic nitrogens is 4. The number of allylic oxidation sites excluding steroid dienone is 1. The molecule has 0 aliphatic heterocycles. The first-order valence-electron chi connectivity index (χ1n) is 31.3. The van der Waals surface area contributed by atoms with Gasteiger partial charge in [0.1, 0.15) is 0 Å². The molecule has 8 heteroatoms. The van der Waals surface area contributed by atoms with Crippen LogP contribution in [0.4, 0.5) is 62.6 Å². The zero-order valence-electron chi connectivity index (χ0n) is 51.0. The second-order valence-electron chi connectivity index (χ2n) is 23.3. The fourth-order valence-corrected chi connectivity index (χ4v) is 13.2. The summed E-state index contributed by atoms with van der Waals surface area (Å²) >= 11 is 0. The van der Waals surface area contributed by atoms with Gasteiger partial charge >= 0.3 is 0 Å². The number of para-hydroxylation sites is 2. The van der Waals surface area contributed by atoms with E-state index in [1.807, 2.05) is 31.2 Å². The molecule has 0 aliphatic carbocycles. The quantitative estimate of drug-likeness (QED) is 0.101. The first kappa shape index (κ1) is 55.8. The van der Waals surface area contributed by atoms with Crippen LogP contribution >= 0.6 is 0 Å². The fourth-order valence-electron chi connectivity index (χ4n) is 13.2. The summed E-state index contributed by atoms with van der Waals surface area (Å²) in [6, 6.07) is 111. The summed E-state index contributed by atoms with van der Waals surface area (Å²) in [5.41, 5.74) is 22.4. The van der Waals surface area contributed by atoms with Crippen LogP contribution in [0, 0.1) is 0 Å². The summed E-state index contributed by atoms with van der Waals surface area (Å²) in [6.45, 7) is 6.49. The van der Waals surface area contributed by atoms with Crippen LogP contribution in [-0.2, 0) is 0 Å². The summed E-state index contributed by atoms with van der Waals surface area (Å²) in [4.78, 5) is 27.8. The highest BCUT2D eigenvalue weighted by Gasteiger charge is 2.22. The van der Waals surface area contributed by atoms with Crippen LogP contribution in [0.5, 0.6) is 0 Å². The smallest absolute Gasteiger partial charge is 0.0965 e. The van der Waals surface area contributed by atoms with Gasteiger partial charge in [-0.1, -0.05) is 189 Å². The molecule has 0 unspecified atom stereocenters. The molecule has 440 valence electrons. The van der Waals surface area contributed by atoms with Gasteiger partial charge < -0.3 is 19.6 Å². The van der Waals surface area contributed by atoms with Crippen molar-refractivity contribution in [1.82, 2.24) is 19.9 Å². The lowest BCUT2D eigenvalue weighted by Gasteiger charge is -2.30. The van der Waals surface area contributed by atoms with E-state index in [1.54, 1.807) is 24.8 Å². The Kier molecular flexibility index (Phi) is 14.5. The standard InChI is InChI=1S/C85H60N8/c1-58(2)90(66-42-34-64(35-43-66)77-23-12-25-79-84(77)88-56-54-86-79)67-46-48-71(49-47-67)91(81-27-9-17-61-14-3-6-20-74(61)81)68-38-30-59(31-39-68)60-32-40-69(41-33-60)92(82-28-10-18-62-15-4-7-21-75(62)82)72-50-52-73(53-51-72)93(83-29-11-19-63-16-5-8-22-76(63)83)70-44-36-65(37-45-70)78-24-13-26-80-85(78)89-57-55-87-80/h3-57H,1H2,2H3. The van der Waals surface area contributed by atoms with E-state index >= 15 is 0 Å². The average molecular weight is 1190 g/mol. The van der Waals surface area contributed by atoms with E-state index in [-0.39, 0.29) is 0 Å². The molecule has 16 aromatic rings. The van der Waals surface area contributed by atoms with Gasteiger partial charge in [-0.3, -0.25) is 19.9 Å². The summed E-state index contributed by atoms with van der Waals surface area (Å²) in [5.74, 6) is 0. The van der Waals surface area contributed by atoms with Crippen LogP contribution in [0.2, 0.25) is 0 Å². The Morgan fingerprint density at radius 3 is 0.871 bits per heavy atom. The van der Waals surface area contributed by atoms with Crippen LogP contribution < -0.4 is 19.6 Å². The van der Waals surface area contributed by atoms with Gasteiger partial charge in [0.05, 0.1) is 39.1 Å². The number of hydrogen-bond acceptors (Lipinski definition) is 8. The number of benzene rings is 14. The molecule has 0 saturated carbocycles. The van der Waals surface area contributed by atoms with Gasteiger partial charge in [-0.15, -0.1) is 0 Å². The predicted octanol–water partition coefficient (Wildman–Crippen LogP) is 23.1. The number of anilines is 11. The highest BCUT2D eigenvalue weighted by Crippen LogP contribution is 2.46. The van der Waals surface area contributed by atoms with Crippen molar-refractivity contribution >= 4 is 117 Å². The zero-order valence-corrected chi connectivity index (χ0v) is 51.0. The molecular formula is C85H60N8. The van der Waals surface area contributed by atoms with Crippen LogP contribution in [0.15, 0.2) is 346 Å². The van der Waals surface area contributed by atoms with Crippen LogP contribution in [-0.4, -0.2) is 19.9 Å². The Morgan fingerprint density at radius 1 is 0.258 bits per heavy atom. The van der Waals surface area contributed by atoms with E-state index in [4.69, 9.17) is 4.98 Å². The molecule has 0 fully saturated rings.